The van der Waals surface area contributed by atoms with Crippen molar-refractivity contribution >= 4 is 11.9 Å². The summed E-state index contributed by atoms with van der Waals surface area (Å²) in [6.07, 6.45) is 5.55. The molecule has 0 aromatic rings. The van der Waals surface area contributed by atoms with Crippen LogP contribution < -0.4 is 0 Å². The summed E-state index contributed by atoms with van der Waals surface area (Å²) < 4.78 is 5.08. The van der Waals surface area contributed by atoms with E-state index in [2.05, 4.69) is 0 Å². The van der Waals surface area contributed by atoms with E-state index < -0.39 is 0 Å². The quantitative estimate of drug-likeness (QED) is 0.731. The lowest BCUT2D eigenvalue weighted by atomic mass is 9.97. The molecule has 0 bridgehead atoms. The number of carbonyl (C=O) groups is 2. The van der Waals surface area contributed by atoms with E-state index in [0.717, 1.165) is 19.4 Å². The summed E-state index contributed by atoms with van der Waals surface area (Å²) >= 11 is 0. The van der Waals surface area contributed by atoms with E-state index in [1.165, 1.54) is 19.3 Å². The normalized spacial score (nSPS) is 36.8. The Hall–Kier alpha value is -1.06. The molecular formula is C15H23NO3. The summed E-state index contributed by atoms with van der Waals surface area (Å²) in [5.74, 6) is 1.69. The maximum Gasteiger partial charge on any atom is 0.310 e. The molecule has 4 nitrogen and oxygen atoms in total. The first-order valence-electron chi connectivity index (χ1n) is 7.67. The van der Waals surface area contributed by atoms with E-state index in [1.54, 1.807) is 0 Å². The highest BCUT2D eigenvalue weighted by Crippen LogP contribution is 2.58. The van der Waals surface area contributed by atoms with Gasteiger partial charge in [0.1, 0.15) is 0 Å². The van der Waals surface area contributed by atoms with E-state index in [9.17, 15) is 9.59 Å². The van der Waals surface area contributed by atoms with Crippen LogP contribution in [0.3, 0.4) is 0 Å². The highest BCUT2D eigenvalue weighted by molar-refractivity contribution is 5.83. The molecule has 0 aromatic carbocycles. The number of hydrogen-bond donors (Lipinski definition) is 0. The SMILES string of the molecule is CCOC(=O)[C@H]1CCCN(C(=O)C2C3CCCC32)C1. The zero-order chi connectivity index (χ0) is 13.4. The molecule has 3 rings (SSSR count). The molecule has 1 aliphatic heterocycles. The number of piperidine rings is 1. The van der Waals surface area contributed by atoms with Crippen LogP contribution in [0.25, 0.3) is 0 Å². The fourth-order valence-corrected chi connectivity index (χ4v) is 4.03. The Balaban J connectivity index is 1.56. The van der Waals surface area contributed by atoms with Crippen LogP contribution >= 0.6 is 0 Å². The first kappa shape index (κ1) is 12.9. The number of carbonyl (C=O) groups excluding carboxylic acids is 2. The van der Waals surface area contributed by atoms with E-state index >= 15 is 0 Å². The number of nitrogens with zero attached hydrogens (tertiary/aromatic N) is 1. The van der Waals surface area contributed by atoms with Gasteiger partial charge in [-0.15, -0.1) is 0 Å². The summed E-state index contributed by atoms with van der Waals surface area (Å²) in [7, 11) is 0. The van der Waals surface area contributed by atoms with Crippen molar-refractivity contribution in [3.63, 3.8) is 0 Å². The zero-order valence-corrected chi connectivity index (χ0v) is 11.6. The van der Waals surface area contributed by atoms with E-state index in [0.29, 0.717) is 30.9 Å². The van der Waals surface area contributed by atoms with E-state index in [-0.39, 0.29) is 17.8 Å². The monoisotopic (exact) mass is 265 g/mol. The van der Waals surface area contributed by atoms with Crippen LogP contribution in [0, 0.1) is 23.7 Å². The molecule has 2 saturated carbocycles. The van der Waals surface area contributed by atoms with Gasteiger partial charge in [-0.2, -0.15) is 0 Å². The van der Waals surface area contributed by atoms with Crippen LogP contribution in [0.5, 0.6) is 0 Å². The zero-order valence-electron chi connectivity index (χ0n) is 11.6. The highest BCUT2D eigenvalue weighted by atomic mass is 16.5. The van der Waals surface area contributed by atoms with Gasteiger partial charge >= 0.3 is 5.97 Å². The Labute approximate surface area is 114 Å². The van der Waals surface area contributed by atoms with Gasteiger partial charge in [0.05, 0.1) is 12.5 Å². The van der Waals surface area contributed by atoms with Crippen molar-refractivity contribution in [1.29, 1.82) is 0 Å². The number of likely N-dealkylation sites (tertiary alicyclic amines) is 1. The van der Waals surface area contributed by atoms with Gasteiger partial charge in [-0.3, -0.25) is 9.59 Å². The lowest BCUT2D eigenvalue weighted by molar-refractivity contribution is -0.151. The van der Waals surface area contributed by atoms with Crippen LogP contribution in [0.1, 0.15) is 39.0 Å². The molecule has 0 radical (unpaired) electrons. The Morgan fingerprint density at radius 3 is 2.58 bits per heavy atom. The van der Waals surface area contributed by atoms with Gasteiger partial charge in [0.25, 0.3) is 0 Å². The summed E-state index contributed by atoms with van der Waals surface area (Å²) in [6.45, 7) is 3.66. The van der Waals surface area contributed by atoms with Crippen molar-refractivity contribution in [2.75, 3.05) is 19.7 Å². The number of amides is 1. The van der Waals surface area contributed by atoms with Gasteiger partial charge in [-0.1, -0.05) is 6.42 Å². The van der Waals surface area contributed by atoms with Crippen LogP contribution in [0.2, 0.25) is 0 Å². The third kappa shape index (κ3) is 2.37. The van der Waals surface area contributed by atoms with Gasteiger partial charge in [-0.25, -0.2) is 0 Å². The average molecular weight is 265 g/mol. The lowest BCUT2D eigenvalue weighted by Crippen LogP contribution is -2.44. The molecule has 1 heterocycles. The molecule has 1 amide bonds. The summed E-state index contributed by atoms with van der Waals surface area (Å²) in [4.78, 5) is 26.2. The molecule has 3 fully saturated rings. The number of ether oxygens (including phenoxy) is 1. The highest BCUT2D eigenvalue weighted by Gasteiger charge is 2.57. The molecule has 0 spiro atoms. The third-order valence-corrected chi connectivity index (χ3v) is 5.04. The summed E-state index contributed by atoms with van der Waals surface area (Å²) in [5, 5.41) is 0. The van der Waals surface area contributed by atoms with E-state index in [1.807, 2.05) is 11.8 Å². The Morgan fingerprint density at radius 1 is 1.16 bits per heavy atom. The number of hydrogen-bond acceptors (Lipinski definition) is 3. The van der Waals surface area contributed by atoms with Gasteiger partial charge in [0.2, 0.25) is 5.91 Å². The van der Waals surface area contributed by atoms with Crippen molar-refractivity contribution in [2.45, 2.75) is 39.0 Å². The average Bonchev–Trinajstić information content (AvgIpc) is 2.90. The van der Waals surface area contributed by atoms with Crippen LogP contribution in [-0.4, -0.2) is 36.5 Å². The molecule has 0 aromatic heterocycles. The third-order valence-electron chi connectivity index (χ3n) is 5.04. The van der Waals surface area contributed by atoms with Crippen molar-refractivity contribution in [2.24, 2.45) is 23.7 Å². The van der Waals surface area contributed by atoms with Crippen LogP contribution in [-0.2, 0) is 14.3 Å². The second kappa shape index (κ2) is 5.14. The molecule has 2 aliphatic carbocycles. The van der Waals surface area contributed by atoms with E-state index in [4.69, 9.17) is 4.74 Å². The second-order valence-corrected chi connectivity index (χ2v) is 6.16. The fourth-order valence-electron chi connectivity index (χ4n) is 4.03. The van der Waals surface area contributed by atoms with Crippen molar-refractivity contribution in [3.05, 3.63) is 0 Å². The largest absolute Gasteiger partial charge is 0.466 e. The minimum atomic E-state index is -0.129. The Kier molecular flexibility index (Phi) is 3.50. The van der Waals surface area contributed by atoms with Gasteiger partial charge in [0.15, 0.2) is 0 Å². The number of fused-ring (bicyclic) bond motifs is 1. The van der Waals surface area contributed by atoms with Crippen LogP contribution in [0.4, 0.5) is 0 Å². The molecule has 1 saturated heterocycles. The van der Waals surface area contributed by atoms with Crippen LogP contribution in [0.15, 0.2) is 0 Å². The number of rotatable bonds is 3. The Morgan fingerprint density at radius 2 is 1.89 bits per heavy atom. The van der Waals surface area contributed by atoms with Gasteiger partial charge < -0.3 is 9.64 Å². The van der Waals surface area contributed by atoms with Crippen molar-refractivity contribution < 1.29 is 14.3 Å². The topological polar surface area (TPSA) is 46.6 Å². The lowest BCUT2D eigenvalue weighted by Gasteiger charge is -2.32. The molecule has 3 aliphatic rings. The summed E-state index contributed by atoms with van der Waals surface area (Å²) in [5.41, 5.74) is 0. The first-order valence-corrected chi connectivity index (χ1v) is 7.67. The maximum absolute atomic E-state index is 12.5. The van der Waals surface area contributed by atoms with Crippen molar-refractivity contribution in [1.82, 2.24) is 4.90 Å². The minimum absolute atomic E-state index is 0.101. The summed E-state index contributed by atoms with van der Waals surface area (Å²) in [6, 6.07) is 0. The Bertz CT molecular complexity index is 372. The molecule has 106 valence electrons. The molecular weight excluding hydrogens is 242 g/mol. The van der Waals surface area contributed by atoms with Crippen molar-refractivity contribution in [3.8, 4) is 0 Å². The predicted molar refractivity (Wildman–Crippen MR) is 70.3 cm³/mol. The molecule has 0 N–H and O–H groups in total. The second-order valence-electron chi connectivity index (χ2n) is 6.16. The molecule has 19 heavy (non-hydrogen) atoms. The minimum Gasteiger partial charge on any atom is -0.466 e. The molecule has 4 heteroatoms. The maximum atomic E-state index is 12.5. The fraction of sp³-hybridized carbons (Fsp3) is 0.867. The smallest absolute Gasteiger partial charge is 0.310 e. The first-order chi connectivity index (χ1) is 9.22. The standard InChI is InChI=1S/C15H23NO3/c1-2-19-15(18)10-5-4-8-16(9-10)14(17)13-11-6-3-7-12(11)13/h10-13H,2-9H2,1H3/t10-,11?,12?,13?/m0/s1. The van der Waals surface area contributed by atoms with Gasteiger partial charge in [-0.05, 0) is 44.4 Å². The predicted octanol–water partition coefficient (Wildman–Crippen LogP) is 1.83. The molecule has 3 atom stereocenters. The van der Waals surface area contributed by atoms with Gasteiger partial charge in [0, 0.05) is 19.0 Å². The molecule has 2 unspecified atom stereocenters. The number of esters is 1.